The molecule has 122 valence electrons. The molecule has 4 heteroatoms. The van der Waals surface area contributed by atoms with Crippen molar-refractivity contribution < 1.29 is 4.74 Å². The minimum atomic E-state index is 0.353. The Balaban J connectivity index is 1.61. The van der Waals surface area contributed by atoms with E-state index in [-0.39, 0.29) is 0 Å². The van der Waals surface area contributed by atoms with Crippen LogP contribution in [0.1, 0.15) is 25.3 Å². The number of nitrogens with one attached hydrogen (secondary N) is 1. The van der Waals surface area contributed by atoms with Crippen LogP contribution >= 0.6 is 0 Å². The number of hydrogen-bond donors (Lipinski definition) is 1. The normalized spacial score (nSPS) is 23.9. The quantitative estimate of drug-likeness (QED) is 0.516. The zero-order chi connectivity index (χ0) is 16.0. The molecule has 0 amide bonds. The summed E-state index contributed by atoms with van der Waals surface area (Å²) < 4.78 is 5.61. The molecule has 4 nitrogen and oxygen atoms in total. The average molecular weight is 311 g/mol. The molecule has 1 unspecified atom stereocenters. The summed E-state index contributed by atoms with van der Waals surface area (Å²) in [5, 5.41) is 3.40. The predicted molar refractivity (Wildman–Crippen MR) is 93.4 cm³/mol. The van der Waals surface area contributed by atoms with E-state index in [0.29, 0.717) is 12.0 Å². The van der Waals surface area contributed by atoms with Crippen molar-refractivity contribution in [1.29, 1.82) is 0 Å². The molecule has 0 aliphatic carbocycles. The number of aliphatic imine (C=N–C) groups is 1. The van der Waals surface area contributed by atoms with E-state index in [1.165, 1.54) is 12.8 Å². The van der Waals surface area contributed by atoms with Crippen LogP contribution in [0.4, 0.5) is 0 Å². The molecule has 1 aromatic carbocycles. The van der Waals surface area contributed by atoms with Gasteiger partial charge in [0, 0.05) is 37.2 Å². The van der Waals surface area contributed by atoms with Crippen molar-refractivity contribution in [3.8, 4) is 11.8 Å². The van der Waals surface area contributed by atoms with Gasteiger partial charge < -0.3 is 15.0 Å². The van der Waals surface area contributed by atoms with Gasteiger partial charge in [0.1, 0.15) is 6.54 Å². The summed E-state index contributed by atoms with van der Waals surface area (Å²) in [5.41, 5.74) is 1.39. The van der Waals surface area contributed by atoms with Crippen LogP contribution in [-0.4, -0.2) is 50.3 Å². The fourth-order valence-corrected chi connectivity index (χ4v) is 3.29. The van der Waals surface area contributed by atoms with Gasteiger partial charge >= 0.3 is 0 Å². The third-order valence-corrected chi connectivity index (χ3v) is 4.57. The molecule has 1 aromatic rings. The molecule has 0 aromatic heterocycles. The second kappa shape index (κ2) is 7.52. The molecule has 23 heavy (non-hydrogen) atoms. The Morgan fingerprint density at radius 3 is 2.96 bits per heavy atom. The van der Waals surface area contributed by atoms with Gasteiger partial charge in [-0.15, -0.1) is 0 Å². The van der Waals surface area contributed by atoms with Crippen molar-refractivity contribution in [3.05, 3.63) is 35.9 Å². The van der Waals surface area contributed by atoms with Crippen molar-refractivity contribution in [2.45, 2.75) is 19.8 Å². The number of nitrogens with zero attached hydrogens (tertiary/aromatic N) is 2. The van der Waals surface area contributed by atoms with Gasteiger partial charge in [-0.2, -0.15) is 0 Å². The third-order valence-electron chi connectivity index (χ3n) is 4.57. The molecule has 1 spiro atoms. The highest BCUT2D eigenvalue weighted by atomic mass is 16.5. The van der Waals surface area contributed by atoms with E-state index in [0.717, 1.165) is 44.4 Å². The standard InChI is InChI=1S/C19H25N3O/c1-2-20-18(21-12-6-9-17-7-4-3-5-8-17)22-13-10-19(15-22)11-14-23-16-19/h3-5,7-8H,2,10-16H2,1H3,(H,20,21). The number of rotatable bonds is 2. The summed E-state index contributed by atoms with van der Waals surface area (Å²) in [6, 6.07) is 10.1. The molecule has 2 saturated heterocycles. The van der Waals surface area contributed by atoms with Gasteiger partial charge in [-0.1, -0.05) is 30.0 Å². The van der Waals surface area contributed by atoms with Crippen LogP contribution in [0.25, 0.3) is 0 Å². The molecule has 0 radical (unpaired) electrons. The smallest absolute Gasteiger partial charge is 0.194 e. The zero-order valence-corrected chi connectivity index (χ0v) is 13.8. The molecule has 2 aliphatic rings. The van der Waals surface area contributed by atoms with E-state index >= 15 is 0 Å². The maximum absolute atomic E-state index is 5.61. The summed E-state index contributed by atoms with van der Waals surface area (Å²) in [7, 11) is 0. The lowest BCUT2D eigenvalue weighted by Gasteiger charge is -2.24. The molecule has 2 aliphatic heterocycles. The number of hydrogen-bond acceptors (Lipinski definition) is 2. The first-order chi connectivity index (χ1) is 11.3. The van der Waals surface area contributed by atoms with Crippen LogP contribution in [0.2, 0.25) is 0 Å². The lowest BCUT2D eigenvalue weighted by Crippen LogP contribution is -2.41. The lowest BCUT2D eigenvalue weighted by molar-refractivity contribution is 0.156. The Labute approximate surface area is 138 Å². The van der Waals surface area contributed by atoms with E-state index in [1.807, 2.05) is 30.3 Å². The first kappa shape index (κ1) is 15.9. The Kier molecular flexibility index (Phi) is 5.19. The van der Waals surface area contributed by atoms with Gasteiger partial charge in [0.2, 0.25) is 0 Å². The fraction of sp³-hybridized carbons (Fsp3) is 0.526. The highest BCUT2D eigenvalue weighted by Gasteiger charge is 2.42. The maximum Gasteiger partial charge on any atom is 0.194 e. The first-order valence-electron chi connectivity index (χ1n) is 8.46. The van der Waals surface area contributed by atoms with Gasteiger partial charge in [-0.3, -0.25) is 0 Å². The van der Waals surface area contributed by atoms with Crippen LogP contribution in [-0.2, 0) is 4.74 Å². The van der Waals surface area contributed by atoms with Crippen LogP contribution in [0.15, 0.2) is 35.3 Å². The number of guanidine groups is 1. The van der Waals surface area contributed by atoms with E-state index < -0.39 is 0 Å². The van der Waals surface area contributed by atoms with E-state index in [4.69, 9.17) is 4.74 Å². The Bertz CT molecular complexity index is 594. The average Bonchev–Trinajstić information content (AvgIpc) is 3.22. The first-order valence-corrected chi connectivity index (χ1v) is 8.46. The van der Waals surface area contributed by atoms with E-state index in [9.17, 15) is 0 Å². The molecular weight excluding hydrogens is 286 g/mol. The molecule has 1 N–H and O–H groups in total. The van der Waals surface area contributed by atoms with Crippen molar-refractivity contribution in [2.24, 2.45) is 10.4 Å². The monoisotopic (exact) mass is 311 g/mol. The molecule has 2 fully saturated rings. The fourth-order valence-electron chi connectivity index (χ4n) is 3.29. The Morgan fingerprint density at radius 2 is 2.22 bits per heavy atom. The summed E-state index contributed by atoms with van der Waals surface area (Å²) in [6.07, 6.45) is 2.38. The van der Waals surface area contributed by atoms with Crippen LogP contribution in [0, 0.1) is 17.3 Å². The molecular formula is C19H25N3O. The van der Waals surface area contributed by atoms with Crippen LogP contribution in [0.5, 0.6) is 0 Å². The van der Waals surface area contributed by atoms with Gasteiger partial charge in [-0.05, 0) is 31.9 Å². The van der Waals surface area contributed by atoms with E-state index in [1.54, 1.807) is 0 Å². The molecule has 3 rings (SSSR count). The maximum atomic E-state index is 5.61. The van der Waals surface area contributed by atoms with Gasteiger partial charge in [-0.25, -0.2) is 4.99 Å². The van der Waals surface area contributed by atoms with E-state index in [2.05, 4.69) is 34.0 Å². The lowest BCUT2D eigenvalue weighted by atomic mass is 9.87. The number of benzene rings is 1. The van der Waals surface area contributed by atoms with Gasteiger partial charge in [0.25, 0.3) is 0 Å². The molecule has 0 saturated carbocycles. The number of likely N-dealkylation sites (tertiary alicyclic amines) is 1. The third kappa shape index (κ3) is 4.05. The van der Waals surface area contributed by atoms with Crippen LogP contribution in [0.3, 0.4) is 0 Å². The highest BCUT2D eigenvalue weighted by molar-refractivity contribution is 5.80. The van der Waals surface area contributed by atoms with Gasteiger partial charge in [0.05, 0.1) is 6.61 Å². The summed E-state index contributed by atoms with van der Waals surface area (Å²) in [4.78, 5) is 7.05. The van der Waals surface area contributed by atoms with Gasteiger partial charge in [0.15, 0.2) is 5.96 Å². The molecule has 2 heterocycles. The van der Waals surface area contributed by atoms with Crippen molar-refractivity contribution in [2.75, 3.05) is 39.4 Å². The minimum Gasteiger partial charge on any atom is -0.381 e. The summed E-state index contributed by atoms with van der Waals surface area (Å²) in [5.74, 6) is 7.29. The van der Waals surface area contributed by atoms with Crippen molar-refractivity contribution >= 4 is 5.96 Å². The molecule has 0 bridgehead atoms. The Morgan fingerprint density at radius 1 is 1.35 bits per heavy atom. The second-order valence-electron chi connectivity index (χ2n) is 6.31. The number of ether oxygens (including phenoxy) is 1. The van der Waals surface area contributed by atoms with Crippen molar-refractivity contribution in [3.63, 3.8) is 0 Å². The minimum absolute atomic E-state index is 0.353. The van der Waals surface area contributed by atoms with Crippen molar-refractivity contribution in [1.82, 2.24) is 10.2 Å². The SMILES string of the molecule is CCNC(=NCC#Cc1ccccc1)N1CCC2(CCOC2)C1. The molecule has 1 atom stereocenters. The second-order valence-corrected chi connectivity index (χ2v) is 6.31. The Hall–Kier alpha value is -1.99. The topological polar surface area (TPSA) is 36.9 Å². The predicted octanol–water partition coefficient (Wildman–Crippen LogP) is 2.12. The highest BCUT2D eigenvalue weighted by Crippen LogP contribution is 2.38. The van der Waals surface area contributed by atoms with Crippen LogP contribution < -0.4 is 5.32 Å². The zero-order valence-electron chi connectivity index (χ0n) is 13.8. The summed E-state index contributed by atoms with van der Waals surface area (Å²) in [6.45, 7) is 7.42. The summed E-state index contributed by atoms with van der Waals surface area (Å²) >= 11 is 0. The largest absolute Gasteiger partial charge is 0.381 e.